The number of hydrogen-bond donors (Lipinski definition) is 0. The second kappa shape index (κ2) is 5.74. The molecule has 2 nitrogen and oxygen atoms in total. The standard InChI is InChI=1S/C28H16O2/c1-2-4-17(5-3-1)28-16-25-23-9-7-18-19(21(23)11-13-27(25)30-28)6-8-22-20(18)10-12-26-24(22)14-15-29-26/h1-16H. The van der Waals surface area contributed by atoms with Crippen LogP contribution in [-0.4, -0.2) is 0 Å². The molecule has 0 aliphatic carbocycles. The van der Waals surface area contributed by atoms with Gasteiger partial charge >= 0.3 is 0 Å². The average Bonchev–Trinajstić information content (AvgIpc) is 3.46. The first kappa shape index (κ1) is 15.8. The van der Waals surface area contributed by atoms with Crippen molar-refractivity contribution in [3.63, 3.8) is 0 Å². The first-order valence-corrected chi connectivity index (χ1v) is 10.1. The Morgan fingerprint density at radius 3 is 1.70 bits per heavy atom. The average molecular weight is 384 g/mol. The van der Waals surface area contributed by atoms with Crippen LogP contribution < -0.4 is 0 Å². The normalized spacial score (nSPS) is 12.0. The van der Waals surface area contributed by atoms with Crippen LogP contribution >= 0.6 is 0 Å². The number of furan rings is 2. The molecular formula is C28H16O2. The second-order valence-corrected chi connectivity index (χ2v) is 7.77. The van der Waals surface area contributed by atoms with E-state index < -0.39 is 0 Å². The van der Waals surface area contributed by atoms with E-state index in [4.69, 9.17) is 8.83 Å². The Hall–Kier alpha value is -4.04. The van der Waals surface area contributed by atoms with Crippen LogP contribution in [0.4, 0.5) is 0 Å². The van der Waals surface area contributed by atoms with Crippen LogP contribution in [-0.2, 0) is 0 Å². The van der Waals surface area contributed by atoms with Gasteiger partial charge in [0.2, 0.25) is 0 Å². The molecule has 0 aliphatic heterocycles. The minimum absolute atomic E-state index is 0.902. The fourth-order valence-corrected chi connectivity index (χ4v) is 4.76. The summed E-state index contributed by atoms with van der Waals surface area (Å²) in [6.07, 6.45) is 1.76. The smallest absolute Gasteiger partial charge is 0.135 e. The van der Waals surface area contributed by atoms with Gasteiger partial charge in [-0.3, -0.25) is 0 Å². The van der Waals surface area contributed by atoms with Gasteiger partial charge in [0, 0.05) is 16.3 Å². The van der Waals surface area contributed by atoms with Gasteiger partial charge in [-0.05, 0) is 56.6 Å². The highest BCUT2D eigenvalue weighted by molar-refractivity contribution is 6.24. The van der Waals surface area contributed by atoms with Crippen molar-refractivity contribution in [3.05, 3.63) is 97.3 Å². The Labute approximate surface area is 171 Å². The molecule has 0 radical (unpaired) electrons. The lowest BCUT2D eigenvalue weighted by atomic mass is 9.95. The highest BCUT2D eigenvalue weighted by Crippen LogP contribution is 2.38. The summed E-state index contributed by atoms with van der Waals surface area (Å²) in [5.74, 6) is 0.902. The first-order chi connectivity index (χ1) is 14.9. The molecule has 0 amide bonds. The lowest BCUT2D eigenvalue weighted by molar-refractivity contribution is 0.616. The van der Waals surface area contributed by atoms with E-state index in [1.54, 1.807) is 6.26 Å². The van der Waals surface area contributed by atoms with Crippen LogP contribution in [0.25, 0.3) is 65.6 Å². The maximum atomic E-state index is 6.17. The zero-order chi connectivity index (χ0) is 19.7. The van der Waals surface area contributed by atoms with Crippen LogP contribution in [0.3, 0.4) is 0 Å². The molecule has 0 spiro atoms. The van der Waals surface area contributed by atoms with Crippen molar-refractivity contribution in [2.24, 2.45) is 0 Å². The van der Waals surface area contributed by atoms with Crippen LogP contribution in [0.1, 0.15) is 0 Å². The van der Waals surface area contributed by atoms with Gasteiger partial charge in [-0.2, -0.15) is 0 Å². The number of rotatable bonds is 1. The van der Waals surface area contributed by atoms with Gasteiger partial charge in [0.1, 0.15) is 16.9 Å². The maximum absolute atomic E-state index is 6.17. The van der Waals surface area contributed by atoms with E-state index in [2.05, 4.69) is 66.7 Å². The molecule has 2 aromatic heterocycles. The monoisotopic (exact) mass is 384 g/mol. The topological polar surface area (TPSA) is 26.3 Å². The van der Waals surface area contributed by atoms with Crippen LogP contribution in [0.5, 0.6) is 0 Å². The molecule has 0 aliphatic rings. The third-order valence-corrected chi connectivity index (χ3v) is 6.18. The van der Waals surface area contributed by atoms with Gasteiger partial charge in [0.05, 0.1) is 6.26 Å². The third kappa shape index (κ3) is 2.08. The molecule has 0 saturated carbocycles. The third-order valence-electron chi connectivity index (χ3n) is 6.18. The van der Waals surface area contributed by atoms with Gasteiger partial charge in [-0.15, -0.1) is 0 Å². The summed E-state index contributed by atoms with van der Waals surface area (Å²) in [6.45, 7) is 0. The molecule has 7 aromatic rings. The Balaban J connectivity index is 1.55. The summed E-state index contributed by atoms with van der Waals surface area (Å²) in [5, 5.41) is 9.76. The molecule has 2 heterocycles. The highest BCUT2D eigenvalue weighted by Gasteiger charge is 2.13. The van der Waals surface area contributed by atoms with Crippen molar-refractivity contribution in [1.29, 1.82) is 0 Å². The molecular weight excluding hydrogens is 368 g/mol. The van der Waals surface area contributed by atoms with Crippen molar-refractivity contribution < 1.29 is 8.83 Å². The van der Waals surface area contributed by atoms with E-state index in [0.717, 1.165) is 33.3 Å². The molecule has 0 fully saturated rings. The number of benzene rings is 5. The van der Waals surface area contributed by atoms with E-state index in [1.165, 1.54) is 32.3 Å². The summed E-state index contributed by atoms with van der Waals surface area (Å²) in [6, 6.07) is 31.9. The van der Waals surface area contributed by atoms with Crippen molar-refractivity contribution in [2.45, 2.75) is 0 Å². The fourth-order valence-electron chi connectivity index (χ4n) is 4.76. The predicted octanol–water partition coefficient (Wildman–Crippen LogP) is 8.31. The number of fused-ring (bicyclic) bond motifs is 9. The summed E-state index contributed by atoms with van der Waals surface area (Å²) in [7, 11) is 0. The molecule has 5 aromatic carbocycles. The summed E-state index contributed by atoms with van der Waals surface area (Å²) in [5.41, 5.74) is 2.94. The second-order valence-electron chi connectivity index (χ2n) is 7.77. The van der Waals surface area contributed by atoms with E-state index in [1.807, 2.05) is 24.3 Å². The maximum Gasteiger partial charge on any atom is 0.135 e. The van der Waals surface area contributed by atoms with E-state index in [0.29, 0.717) is 0 Å². The summed E-state index contributed by atoms with van der Waals surface area (Å²) >= 11 is 0. The summed E-state index contributed by atoms with van der Waals surface area (Å²) < 4.78 is 11.8. The van der Waals surface area contributed by atoms with Crippen LogP contribution in [0.15, 0.2) is 106 Å². The molecule has 7 rings (SSSR count). The number of hydrogen-bond acceptors (Lipinski definition) is 2. The zero-order valence-electron chi connectivity index (χ0n) is 16.1. The minimum Gasteiger partial charge on any atom is -0.464 e. The Kier molecular flexibility index (Phi) is 3.03. The van der Waals surface area contributed by atoms with Gasteiger partial charge in [-0.1, -0.05) is 66.7 Å². The van der Waals surface area contributed by atoms with Gasteiger partial charge in [0.15, 0.2) is 0 Å². The quantitative estimate of drug-likeness (QED) is 0.266. The molecule has 2 heteroatoms. The molecule has 0 bridgehead atoms. The lowest BCUT2D eigenvalue weighted by Crippen LogP contribution is -1.82. The molecule has 140 valence electrons. The lowest BCUT2D eigenvalue weighted by Gasteiger charge is -2.08. The fraction of sp³-hybridized carbons (Fsp3) is 0. The van der Waals surface area contributed by atoms with Gasteiger partial charge in [-0.25, -0.2) is 0 Å². The van der Waals surface area contributed by atoms with Gasteiger partial charge < -0.3 is 8.83 Å². The highest BCUT2D eigenvalue weighted by atomic mass is 16.3. The Morgan fingerprint density at radius 2 is 1.00 bits per heavy atom. The van der Waals surface area contributed by atoms with Gasteiger partial charge in [0.25, 0.3) is 0 Å². The predicted molar refractivity (Wildman–Crippen MR) is 124 cm³/mol. The molecule has 30 heavy (non-hydrogen) atoms. The van der Waals surface area contributed by atoms with Crippen molar-refractivity contribution in [3.8, 4) is 11.3 Å². The molecule has 0 saturated heterocycles. The largest absolute Gasteiger partial charge is 0.464 e. The first-order valence-electron chi connectivity index (χ1n) is 10.1. The Bertz CT molecular complexity index is 1730. The van der Waals surface area contributed by atoms with E-state index in [9.17, 15) is 0 Å². The van der Waals surface area contributed by atoms with Crippen molar-refractivity contribution in [1.82, 2.24) is 0 Å². The molecule has 0 unspecified atom stereocenters. The summed E-state index contributed by atoms with van der Waals surface area (Å²) in [4.78, 5) is 0. The zero-order valence-corrected chi connectivity index (χ0v) is 16.1. The minimum atomic E-state index is 0.902. The van der Waals surface area contributed by atoms with Crippen LogP contribution in [0.2, 0.25) is 0 Å². The SMILES string of the molecule is c1ccc(-c2cc3c(ccc4c3ccc3c5ccc6occc6c5ccc43)o2)cc1. The molecule has 0 N–H and O–H groups in total. The van der Waals surface area contributed by atoms with Crippen molar-refractivity contribution in [2.75, 3.05) is 0 Å². The van der Waals surface area contributed by atoms with E-state index >= 15 is 0 Å². The van der Waals surface area contributed by atoms with Crippen LogP contribution in [0, 0.1) is 0 Å². The Morgan fingerprint density at radius 1 is 0.433 bits per heavy atom. The van der Waals surface area contributed by atoms with Crippen molar-refractivity contribution >= 4 is 54.3 Å². The molecule has 0 atom stereocenters. The van der Waals surface area contributed by atoms with E-state index in [-0.39, 0.29) is 0 Å².